The minimum atomic E-state index is -0.783. The molecule has 178 valence electrons. The van der Waals surface area contributed by atoms with Gasteiger partial charge in [0.25, 0.3) is 5.56 Å². The fraction of sp³-hybridized carbons (Fsp3) is 0.240. The number of aromatic nitrogens is 1. The summed E-state index contributed by atoms with van der Waals surface area (Å²) in [6.07, 6.45) is 1.23. The van der Waals surface area contributed by atoms with Crippen LogP contribution in [0.2, 0.25) is 0 Å². The Morgan fingerprint density at radius 3 is 2.62 bits per heavy atom. The predicted octanol–water partition coefficient (Wildman–Crippen LogP) is 4.01. The third-order valence-corrected chi connectivity index (χ3v) is 5.05. The second-order valence-electron chi connectivity index (χ2n) is 7.59. The van der Waals surface area contributed by atoms with Gasteiger partial charge in [0.2, 0.25) is 0 Å². The van der Waals surface area contributed by atoms with Crippen LogP contribution in [0.3, 0.4) is 0 Å². The van der Waals surface area contributed by atoms with Crippen molar-refractivity contribution < 1.29 is 24.2 Å². The zero-order valence-corrected chi connectivity index (χ0v) is 19.2. The largest absolute Gasteiger partial charge is 0.505 e. The van der Waals surface area contributed by atoms with Crippen molar-refractivity contribution in [1.82, 2.24) is 9.88 Å². The molecular weight excluding hydrogens is 438 g/mol. The number of aromatic hydroxyl groups is 1. The summed E-state index contributed by atoms with van der Waals surface area (Å²) in [5.41, 5.74) is 0.706. The maximum atomic E-state index is 12.7. The van der Waals surface area contributed by atoms with Crippen molar-refractivity contribution in [2.45, 2.75) is 26.3 Å². The summed E-state index contributed by atoms with van der Waals surface area (Å²) in [7, 11) is 1.49. The fourth-order valence-corrected chi connectivity index (χ4v) is 3.28. The van der Waals surface area contributed by atoms with Gasteiger partial charge in [-0.1, -0.05) is 30.3 Å². The lowest BCUT2D eigenvalue weighted by atomic mass is 10.0. The van der Waals surface area contributed by atoms with Gasteiger partial charge in [-0.15, -0.1) is 0 Å². The monoisotopic (exact) mass is 465 g/mol. The van der Waals surface area contributed by atoms with Gasteiger partial charge in [0.1, 0.15) is 17.2 Å². The van der Waals surface area contributed by atoms with Gasteiger partial charge < -0.3 is 29.8 Å². The Morgan fingerprint density at radius 2 is 1.88 bits per heavy atom. The molecule has 2 aromatic carbocycles. The van der Waals surface area contributed by atoms with E-state index in [1.54, 1.807) is 31.2 Å². The van der Waals surface area contributed by atoms with Crippen LogP contribution in [-0.4, -0.2) is 28.3 Å². The first kappa shape index (κ1) is 24.4. The first-order valence-corrected chi connectivity index (χ1v) is 10.7. The number of benzene rings is 2. The number of anilines is 1. The molecule has 3 N–H and O–H groups in total. The first-order chi connectivity index (χ1) is 16.3. The van der Waals surface area contributed by atoms with Gasteiger partial charge in [0, 0.05) is 13.2 Å². The molecule has 1 aromatic heterocycles. The molecule has 0 spiro atoms. The molecule has 0 unspecified atom stereocenters. The smallest absolute Gasteiger partial charge is 0.319 e. The van der Waals surface area contributed by atoms with Crippen LogP contribution in [0.25, 0.3) is 0 Å². The van der Waals surface area contributed by atoms with Crippen LogP contribution in [0, 0.1) is 6.92 Å². The van der Waals surface area contributed by atoms with Gasteiger partial charge in [-0.25, -0.2) is 4.79 Å². The van der Waals surface area contributed by atoms with Crippen LogP contribution in [0.5, 0.6) is 17.2 Å². The number of hydrogen-bond acceptors (Lipinski definition) is 6. The van der Waals surface area contributed by atoms with Crippen molar-refractivity contribution in [2.24, 2.45) is 7.05 Å². The molecule has 2 amide bonds. The van der Waals surface area contributed by atoms with Crippen molar-refractivity contribution in [3.8, 4) is 17.2 Å². The van der Waals surface area contributed by atoms with E-state index in [1.165, 1.54) is 23.9 Å². The van der Waals surface area contributed by atoms with E-state index in [0.717, 1.165) is 5.56 Å². The second-order valence-corrected chi connectivity index (χ2v) is 7.59. The third-order valence-electron chi connectivity index (χ3n) is 5.05. The van der Waals surface area contributed by atoms with Gasteiger partial charge >= 0.3 is 12.0 Å². The molecule has 0 aliphatic carbocycles. The summed E-state index contributed by atoms with van der Waals surface area (Å²) in [4.78, 5) is 37.2. The minimum Gasteiger partial charge on any atom is -0.505 e. The van der Waals surface area contributed by atoms with Gasteiger partial charge in [-0.2, -0.15) is 0 Å². The van der Waals surface area contributed by atoms with Crippen LogP contribution >= 0.6 is 0 Å². The SMILES string of the molecule is CCOC(=O)C[C@H](NC(=O)Nc1c(O)ccn(C)c1=O)c1cccc(Oc2ccccc2C)c1. The van der Waals surface area contributed by atoms with Crippen LogP contribution in [0.15, 0.2) is 65.6 Å². The van der Waals surface area contributed by atoms with Crippen molar-refractivity contribution in [3.63, 3.8) is 0 Å². The molecule has 0 saturated heterocycles. The number of carbonyl (C=O) groups is 2. The average Bonchev–Trinajstić information content (AvgIpc) is 2.81. The molecule has 3 aromatic rings. The standard InChI is InChI=1S/C25H27N3O6/c1-4-33-22(30)15-19(26-25(32)27-23-20(29)12-13-28(3)24(23)31)17-9-7-10-18(14-17)34-21-11-6-5-8-16(21)2/h5-14,19,29H,4,15H2,1-3H3,(H2,26,27,32)/t19-/m0/s1. The van der Waals surface area contributed by atoms with E-state index in [4.69, 9.17) is 9.47 Å². The molecule has 0 aliphatic heterocycles. The molecule has 0 fully saturated rings. The lowest BCUT2D eigenvalue weighted by Crippen LogP contribution is -2.36. The molecule has 0 saturated carbocycles. The van der Waals surface area contributed by atoms with E-state index in [2.05, 4.69) is 10.6 Å². The Kier molecular flexibility index (Phi) is 7.92. The van der Waals surface area contributed by atoms with Crippen molar-refractivity contribution in [1.29, 1.82) is 0 Å². The molecule has 9 heteroatoms. The van der Waals surface area contributed by atoms with Gasteiger partial charge in [0.05, 0.1) is 19.1 Å². The molecule has 1 atom stereocenters. The van der Waals surface area contributed by atoms with Crippen molar-refractivity contribution in [2.75, 3.05) is 11.9 Å². The molecule has 0 aliphatic rings. The van der Waals surface area contributed by atoms with Crippen LogP contribution in [-0.2, 0) is 16.6 Å². The quantitative estimate of drug-likeness (QED) is 0.433. The Balaban J connectivity index is 1.84. The number of esters is 1. The second kappa shape index (κ2) is 11.0. The summed E-state index contributed by atoms with van der Waals surface area (Å²) in [5, 5.41) is 15.0. The highest BCUT2D eigenvalue weighted by molar-refractivity contribution is 5.91. The predicted molar refractivity (Wildman–Crippen MR) is 127 cm³/mol. The van der Waals surface area contributed by atoms with E-state index in [-0.39, 0.29) is 24.5 Å². The average molecular weight is 466 g/mol. The zero-order chi connectivity index (χ0) is 24.7. The number of carbonyl (C=O) groups excluding carboxylic acids is 2. The Morgan fingerprint density at radius 1 is 1.12 bits per heavy atom. The molecule has 9 nitrogen and oxygen atoms in total. The highest BCUT2D eigenvalue weighted by Gasteiger charge is 2.21. The Labute approximate surface area is 197 Å². The lowest BCUT2D eigenvalue weighted by Gasteiger charge is -2.20. The van der Waals surface area contributed by atoms with E-state index in [9.17, 15) is 19.5 Å². The number of hydrogen-bond donors (Lipinski definition) is 3. The molecule has 34 heavy (non-hydrogen) atoms. The summed E-state index contributed by atoms with van der Waals surface area (Å²) in [5.74, 6) is 0.338. The van der Waals surface area contributed by atoms with E-state index >= 15 is 0 Å². The molecule has 1 heterocycles. The molecule has 3 rings (SSSR count). The summed E-state index contributed by atoms with van der Waals surface area (Å²) in [6, 6.07) is 14.3. The molecule has 0 bridgehead atoms. The normalized spacial score (nSPS) is 11.4. The fourth-order valence-electron chi connectivity index (χ4n) is 3.28. The maximum Gasteiger partial charge on any atom is 0.319 e. The summed E-state index contributed by atoms with van der Waals surface area (Å²) >= 11 is 0. The van der Waals surface area contributed by atoms with E-state index in [1.807, 2.05) is 31.2 Å². The summed E-state index contributed by atoms with van der Waals surface area (Å²) in [6.45, 7) is 3.82. The maximum absolute atomic E-state index is 12.7. The minimum absolute atomic E-state index is 0.145. The number of urea groups is 1. The van der Waals surface area contributed by atoms with Gasteiger partial charge in [-0.05, 0) is 49.2 Å². The van der Waals surface area contributed by atoms with Gasteiger partial charge in [-0.3, -0.25) is 9.59 Å². The van der Waals surface area contributed by atoms with Crippen LogP contribution in [0.1, 0.15) is 30.5 Å². The number of nitrogens with one attached hydrogen (secondary N) is 2. The first-order valence-electron chi connectivity index (χ1n) is 10.7. The number of amides is 2. The number of para-hydroxylation sites is 1. The number of ether oxygens (including phenoxy) is 2. The van der Waals surface area contributed by atoms with Crippen LogP contribution < -0.4 is 20.9 Å². The number of nitrogens with zero attached hydrogens (tertiary/aromatic N) is 1. The number of aryl methyl sites for hydroxylation is 2. The highest BCUT2D eigenvalue weighted by Crippen LogP contribution is 2.28. The van der Waals surface area contributed by atoms with Crippen molar-refractivity contribution >= 4 is 17.7 Å². The van der Waals surface area contributed by atoms with E-state index < -0.39 is 23.6 Å². The van der Waals surface area contributed by atoms with Gasteiger partial charge in [0.15, 0.2) is 5.69 Å². The molecular formula is C25H27N3O6. The van der Waals surface area contributed by atoms with Crippen molar-refractivity contribution in [3.05, 3.63) is 82.3 Å². The number of pyridine rings is 1. The Bertz CT molecular complexity index is 1240. The van der Waals surface area contributed by atoms with E-state index in [0.29, 0.717) is 17.1 Å². The zero-order valence-electron chi connectivity index (χ0n) is 19.2. The third kappa shape index (κ3) is 6.16. The highest BCUT2D eigenvalue weighted by atomic mass is 16.5. The Hall–Kier alpha value is -4.27. The lowest BCUT2D eigenvalue weighted by molar-refractivity contribution is -0.143. The molecule has 0 radical (unpaired) electrons. The number of rotatable bonds is 8. The topological polar surface area (TPSA) is 119 Å². The van der Waals surface area contributed by atoms with Crippen LogP contribution in [0.4, 0.5) is 10.5 Å². The summed E-state index contributed by atoms with van der Waals surface area (Å²) < 4.78 is 12.3.